The van der Waals surface area contributed by atoms with Crippen molar-refractivity contribution in [3.05, 3.63) is 64.8 Å². The molecule has 0 radical (unpaired) electrons. The van der Waals surface area contributed by atoms with E-state index in [1.54, 1.807) is 17.5 Å². The summed E-state index contributed by atoms with van der Waals surface area (Å²) in [5, 5.41) is 5.17. The largest absolute Gasteiger partial charge is 0.441 e. The normalized spacial score (nSPS) is 15.9. The van der Waals surface area contributed by atoms with Gasteiger partial charge in [0.2, 0.25) is 5.91 Å². The monoisotopic (exact) mass is 411 g/mol. The van der Waals surface area contributed by atoms with Crippen molar-refractivity contribution in [1.29, 1.82) is 0 Å². The van der Waals surface area contributed by atoms with E-state index in [-0.39, 0.29) is 11.9 Å². The highest BCUT2D eigenvalue weighted by Gasteiger charge is 2.24. The van der Waals surface area contributed by atoms with Gasteiger partial charge in [-0.15, -0.1) is 11.3 Å². The van der Waals surface area contributed by atoms with Gasteiger partial charge in [-0.25, -0.2) is 4.98 Å². The van der Waals surface area contributed by atoms with Gasteiger partial charge >= 0.3 is 0 Å². The molecule has 4 rings (SSSR count). The van der Waals surface area contributed by atoms with Crippen LogP contribution in [-0.2, 0) is 16.0 Å². The predicted octanol–water partition coefficient (Wildman–Crippen LogP) is 3.53. The highest BCUT2D eigenvalue weighted by atomic mass is 32.1. The van der Waals surface area contributed by atoms with Gasteiger partial charge in [0.1, 0.15) is 0 Å². The van der Waals surface area contributed by atoms with Crippen LogP contribution in [0, 0.1) is 0 Å². The highest BCUT2D eigenvalue weighted by Crippen LogP contribution is 2.25. The van der Waals surface area contributed by atoms with Crippen LogP contribution in [0.1, 0.15) is 23.2 Å². The predicted molar refractivity (Wildman–Crippen MR) is 113 cm³/mol. The fraction of sp³-hybridized carbons (Fsp3) is 0.364. The minimum absolute atomic E-state index is 0.0132. The zero-order chi connectivity index (χ0) is 19.9. The number of amides is 1. The van der Waals surface area contributed by atoms with Crippen LogP contribution in [-0.4, -0.2) is 48.6 Å². The number of carbonyl (C=O) groups excluding carboxylic acids is 1. The maximum atomic E-state index is 12.4. The number of hydrogen-bond acceptors (Lipinski definition) is 6. The molecule has 2 aromatic heterocycles. The topological polar surface area (TPSA) is 67.6 Å². The standard InChI is InChI=1S/C22H25N3O3S/c26-21(8-9-22-24-16-19(28-22)17-5-2-1-3-6-17)23-15-18(20-7-4-14-29-20)25-10-12-27-13-11-25/h1-7,14,16,18H,8-13,15H2,(H,23,26)/t18-/m1/s1. The van der Waals surface area contributed by atoms with Crippen molar-refractivity contribution in [2.75, 3.05) is 32.8 Å². The number of nitrogens with one attached hydrogen (secondary N) is 1. The van der Waals surface area contributed by atoms with Crippen LogP contribution in [0.25, 0.3) is 11.3 Å². The molecular weight excluding hydrogens is 386 g/mol. The number of thiophene rings is 1. The number of hydrogen-bond donors (Lipinski definition) is 1. The number of oxazole rings is 1. The van der Waals surface area contributed by atoms with Crippen LogP contribution in [0.5, 0.6) is 0 Å². The van der Waals surface area contributed by atoms with Gasteiger partial charge in [-0.3, -0.25) is 9.69 Å². The van der Waals surface area contributed by atoms with Gasteiger partial charge in [0.15, 0.2) is 11.7 Å². The number of carbonyl (C=O) groups is 1. The molecule has 1 N–H and O–H groups in total. The van der Waals surface area contributed by atoms with E-state index < -0.39 is 0 Å². The fourth-order valence-electron chi connectivity index (χ4n) is 3.46. The minimum atomic E-state index is 0.0132. The lowest BCUT2D eigenvalue weighted by Crippen LogP contribution is -2.43. The Morgan fingerprint density at radius 2 is 2.00 bits per heavy atom. The van der Waals surface area contributed by atoms with Crippen molar-refractivity contribution in [3.8, 4) is 11.3 Å². The van der Waals surface area contributed by atoms with E-state index in [0.29, 0.717) is 25.3 Å². The first-order chi connectivity index (χ1) is 14.3. The van der Waals surface area contributed by atoms with Crippen molar-refractivity contribution in [3.63, 3.8) is 0 Å². The molecule has 0 saturated carbocycles. The second kappa shape index (κ2) is 9.82. The molecule has 1 aliphatic heterocycles. The van der Waals surface area contributed by atoms with Gasteiger partial charge in [0.25, 0.3) is 0 Å². The summed E-state index contributed by atoms with van der Waals surface area (Å²) in [7, 11) is 0. The molecule has 1 aliphatic rings. The highest BCUT2D eigenvalue weighted by molar-refractivity contribution is 7.10. The molecule has 1 atom stereocenters. The first-order valence-electron chi connectivity index (χ1n) is 9.91. The van der Waals surface area contributed by atoms with E-state index in [2.05, 4.69) is 32.7 Å². The first-order valence-corrected chi connectivity index (χ1v) is 10.8. The molecule has 0 bridgehead atoms. The van der Waals surface area contributed by atoms with E-state index in [0.717, 1.165) is 37.6 Å². The molecule has 1 fully saturated rings. The van der Waals surface area contributed by atoms with Crippen molar-refractivity contribution in [1.82, 2.24) is 15.2 Å². The third-order valence-corrected chi connectivity index (χ3v) is 6.00. The third-order valence-electron chi connectivity index (χ3n) is 5.03. The summed E-state index contributed by atoms with van der Waals surface area (Å²) < 4.78 is 11.3. The molecule has 152 valence electrons. The zero-order valence-electron chi connectivity index (χ0n) is 16.3. The quantitative estimate of drug-likeness (QED) is 0.614. The summed E-state index contributed by atoms with van der Waals surface area (Å²) in [4.78, 5) is 20.4. The van der Waals surface area contributed by atoms with Gasteiger partial charge in [-0.2, -0.15) is 0 Å². The number of rotatable bonds is 8. The molecule has 3 heterocycles. The van der Waals surface area contributed by atoms with E-state index in [4.69, 9.17) is 9.15 Å². The number of nitrogens with zero attached hydrogens (tertiary/aromatic N) is 2. The summed E-state index contributed by atoms with van der Waals surface area (Å²) in [5.41, 5.74) is 0.986. The Kier molecular flexibility index (Phi) is 6.71. The molecule has 0 spiro atoms. The van der Waals surface area contributed by atoms with Crippen LogP contribution in [0.15, 0.2) is 58.5 Å². The van der Waals surface area contributed by atoms with Gasteiger partial charge < -0.3 is 14.5 Å². The molecular formula is C22H25N3O3S. The Hall–Kier alpha value is -2.48. The summed E-state index contributed by atoms with van der Waals surface area (Å²) in [5.74, 6) is 1.33. The summed E-state index contributed by atoms with van der Waals surface area (Å²) in [6.45, 7) is 3.85. The maximum Gasteiger partial charge on any atom is 0.220 e. The van der Waals surface area contributed by atoms with Crippen molar-refractivity contribution < 1.29 is 13.9 Å². The molecule has 3 aromatic rings. The van der Waals surface area contributed by atoms with Crippen LogP contribution in [0.2, 0.25) is 0 Å². The second-order valence-electron chi connectivity index (χ2n) is 6.97. The van der Waals surface area contributed by atoms with Crippen molar-refractivity contribution in [2.45, 2.75) is 18.9 Å². The first kappa shape index (κ1) is 19.8. The molecule has 0 aliphatic carbocycles. The van der Waals surface area contributed by atoms with Gasteiger partial charge in [0, 0.05) is 42.9 Å². The minimum Gasteiger partial charge on any atom is -0.441 e. The number of aromatic nitrogens is 1. The number of aryl methyl sites for hydroxylation is 1. The van der Waals surface area contributed by atoms with Gasteiger partial charge in [-0.05, 0) is 11.4 Å². The maximum absolute atomic E-state index is 12.4. The SMILES string of the molecule is O=C(CCc1ncc(-c2ccccc2)o1)NC[C@H](c1cccs1)N1CCOCC1. The molecule has 1 aromatic carbocycles. The lowest BCUT2D eigenvalue weighted by molar-refractivity contribution is -0.121. The molecule has 0 unspecified atom stereocenters. The van der Waals surface area contributed by atoms with Gasteiger partial charge in [0.05, 0.1) is 25.5 Å². The number of morpholine rings is 1. The van der Waals surface area contributed by atoms with E-state index in [9.17, 15) is 4.79 Å². The average Bonchev–Trinajstić information content (AvgIpc) is 3.46. The number of ether oxygens (including phenoxy) is 1. The lowest BCUT2D eigenvalue weighted by Gasteiger charge is -2.34. The van der Waals surface area contributed by atoms with E-state index in [1.807, 2.05) is 30.3 Å². The lowest BCUT2D eigenvalue weighted by atomic mass is 10.2. The number of benzene rings is 1. The van der Waals surface area contributed by atoms with E-state index >= 15 is 0 Å². The smallest absolute Gasteiger partial charge is 0.220 e. The summed E-state index contributed by atoms with van der Waals surface area (Å²) in [6.07, 6.45) is 2.56. The molecule has 6 nitrogen and oxygen atoms in total. The summed E-state index contributed by atoms with van der Waals surface area (Å²) >= 11 is 1.73. The van der Waals surface area contributed by atoms with Crippen LogP contribution in [0.4, 0.5) is 0 Å². The Labute approximate surface area is 174 Å². The van der Waals surface area contributed by atoms with Crippen molar-refractivity contribution >= 4 is 17.2 Å². The molecule has 7 heteroatoms. The Morgan fingerprint density at radius 3 is 2.76 bits per heavy atom. The molecule has 1 amide bonds. The third kappa shape index (κ3) is 5.32. The zero-order valence-corrected chi connectivity index (χ0v) is 17.1. The van der Waals surface area contributed by atoms with Crippen LogP contribution >= 0.6 is 11.3 Å². The Balaban J connectivity index is 1.29. The average molecular weight is 412 g/mol. The Bertz CT molecular complexity index is 889. The fourth-order valence-corrected chi connectivity index (χ4v) is 4.32. The Morgan fingerprint density at radius 1 is 1.17 bits per heavy atom. The van der Waals surface area contributed by atoms with Crippen LogP contribution in [0.3, 0.4) is 0 Å². The van der Waals surface area contributed by atoms with Crippen molar-refractivity contribution in [2.24, 2.45) is 0 Å². The summed E-state index contributed by atoms with van der Waals surface area (Å²) in [6, 6.07) is 14.2. The molecule has 29 heavy (non-hydrogen) atoms. The van der Waals surface area contributed by atoms with E-state index in [1.165, 1.54) is 4.88 Å². The molecule has 1 saturated heterocycles. The van der Waals surface area contributed by atoms with Gasteiger partial charge in [-0.1, -0.05) is 36.4 Å². The van der Waals surface area contributed by atoms with Crippen LogP contribution < -0.4 is 5.32 Å². The second-order valence-corrected chi connectivity index (χ2v) is 7.95.